The van der Waals surface area contributed by atoms with Gasteiger partial charge >= 0.3 is 0 Å². The number of fused-ring (bicyclic) bond motifs is 1. The van der Waals surface area contributed by atoms with Crippen LogP contribution in [0.25, 0.3) is 20.7 Å². The van der Waals surface area contributed by atoms with Crippen molar-refractivity contribution in [2.75, 3.05) is 5.75 Å². The van der Waals surface area contributed by atoms with E-state index in [0.29, 0.717) is 5.03 Å². The highest BCUT2D eigenvalue weighted by atomic mass is 32.2. The lowest BCUT2D eigenvalue weighted by Gasteiger charge is -2.04. The number of carbonyl (C=O) groups excluding carboxylic acids is 2. The highest BCUT2D eigenvalue weighted by Gasteiger charge is 2.14. The molecule has 2 aromatic heterocycles. The number of thioether (sulfide) groups is 1. The molecule has 0 aliphatic rings. The minimum absolute atomic E-state index is 0.0659. The summed E-state index contributed by atoms with van der Waals surface area (Å²) in [6.45, 7) is 0. The molecule has 0 fully saturated rings. The van der Waals surface area contributed by atoms with Crippen LogP contribution in [0.2, 0.25) is 0 Å². The van der Waals surface area contributed by atoms with Crippen LogP contribution in [0.15, 0.2) is 72.0 Å². The van der Waals surface area contributed by atoms with Gasteiger partial charge in [-0.25, -0.2) is 14.4 Å². The molecule has 0 atom stereocenters. The normalized spacial score (nSPS) is 10.8. The average Bonchev–Trinajstić information content (AvgIpc) is 3.18. The summed E-state index contributed by atoms with van der Waals surface area (Å²) in [5.41, 5.74) is 2.50. The van der Waals surface area contributed by atoms with Crippen LogP contribution in [0.3, 0.4) is 0 Å². The van der Waals surface area contributed by atoms with E-state index in [2.05, 4.69) is 15.3 Å². The summed E-state index contributed by atoms with van der Waals surface area (Å²) < 4.78 is 14.0. The van der Waals surface area contributed by atoms with Gasteiger partial charge in [-0.3, -0.25) is 14.9 Å². The van der Waals surface area contributed by atoms with E-state index in [4.69, 9.17) is 0 Å². The predicted molar refractivity (Wildman–Crippen MR) is 117 cm³/mol. The van der Waals surface area contributed by atoms with E-state index in [9.17, 15) is 14.0 Å². The number of benzene rings is 2. The first-order chi connectivity index (χ1) is 14.6. The first-order valence-electron chi connectivity index (χ1n) is 9.08. The zero-order valence-electron chi connectivity index (χ0n) is 15.7. The second-order valence-electron chi connectivity index (χ2n) is 6.43. The van der Waals surface area contributed by atoms with Crippen molar-refractivity contribution in [3.63, 3.8) is 0 Å². The van der Waals surface area contributed by atoms with Crippen LogP contribution in [0.4, 0.5) is 4.39 Å². The summed E-state index contributed by atoms with van der Waals surface area (Å²) in [6, 6.07) is 17.4. The Kier molecular flexibility index (Phi) is 6.15. The third-order valence-corrected chi connectivity index (χ3v) is 6.53. The number of nitrogens with one attached hydrogen (secondary N) is 1. The topological polar surface area (TPSA) is 72.0 Å². The molecule has 0 spiro atoms. The zero-order valence-corrected chi connectivity index (χ0v) is 17.3. The molecule has 0 radical (unpaired) electrons. The van der Waals surface area contributed by atoms with Gasteiger partial charge in [0.1, 0.15) is 17.2 Å². The molecule has 0 saturated heterocycles. The minimum Gasteiger partial charge on any atom is -0.295 e. The molecule has 0 unspecified atom stereocenters. The molecule has 30 heavy (non-hydrogen) atoms. The second-order valence-corrected chi connectivity index (χ2v) is 8.45. The van der Waals surface area contributed by atoms with Crippen LogP contribution in [-0.2, 0) is 16.0 Å². The molecule has 0 saturated carbocycles. The van der Waals surface area contributed by atoms with E-state index in [0.717, 1.165) is 26.2 Å². The average molecular weight is 438 g/mol. The SMILES string of the molecule is O=C(CSc1ncnc2cc(-c3ccc(F)cc3)sc12)NC(=O)Cc1ccccc1. The number of imide groups is 1. The number of hydrogen-bond acceptors (Lipinski definition) is 6. The van der Waals surface area contributed by atoms with Gasteiger partial charge in [0, 0.05) is 4.88 Å². The molecule has 4 aromatic rings. The first kappa shape index (κ1) is 20.2. The summed E-state index contributed by atoms with van der Waals surface area (Å²) in [7, 11) is 0. The minimum atomic E-state index is -0.372. The summed E-state index contributed by atoms with van der Waals surface area (Å²) in [5.74, 6) is -0.933. The maximum atomic E-state index is 13.2. The van der Waals surface area contributed by atoms with Crippen molar-refractivity contribution >= 4 is 45.1 Å². The molecule has 2 heterocycles. The van der Waals surface area contributed by atoms with E-state index in [1.54, 1.807) is 12.1 Å². The molecule has 2 amide bonds. The third-order valence-electron chi connectivity index (χ3n) is 4.23. The number of halogens is 1. The second kappa shape index (κ2) is 9.15. The van der Waals surface area contributed by atoms with Crippen LogP contribution in [0.1, 0.15) is 5.56 Å². The molecule has 0 aliphatic heterocycles. The fourth-order valence-electron chi connectivity index (χ4n) is 2.84. The summed E-state index contributed by atoms with van der Waals surface area (Å²) in [5, 5.41) is 3.08. The van der Waals surface area contributed by atoms with Gasteiger partial charge in [0.2, 0.25) is 11.8 Å². The number of nitrogens with zero attached hydrogens (tertiary/aromatic N) is 2. The molecule has 1 N–H and O–H groups in total. The number of thiophene rings is 1. The van der Waals surface area contributed by atoms with Gasteiger partial charge in [-0.2, -0.15) is 0 Å². The fourth-order valence-corrected chi connectivity index (χ4v) is 4.84. The molecular formula is C22H16FN3O2S2. The van der Waals surface area contributed by atoms with E-state index >= 15 is 0 Å². The molecule has 2 aromatic carbocycles. The van der Waals surface area contributed by atoms with Gasteiger partial charge in [0.05, 0.1) is 22.4 Å². The van der Waals surface area contributed by atoms with Gasteiger partial charge in [0.15, 0.2) is 0 Å². The molecular weight excluding hydrogens is 421 g/mol. The Hall–Kier alpha value is -3.10. The molecule has 150 valence electrons. The van der Waals surface area contributed by atoms with Gasteiger partial charge in [0.25, 0.3) is 0 Å². The van der Waals surface area contributed by atoms with Crippen LogP contribution >= 0.6 is 23.1 Å². The standard InChI is InChI=1S/C22H16FN3O2S2/c23-16-8-6-15(7-9-16)18-11-17-21(30-18)22(25-13-24-17)29-12-20(28)26-19(27)10-14-4-2-1-3-5-14/h1-9,11,13H,10,12H2,(H,26,27,28). The third kappa shape index (κ3) is 4.90. The quantitative estimate of drug-likeness (QED) is 0.356. The maximum Gasteiger partial charge on any atom is 0.236 e. The summed E-state index contributed by atoms with van der Waals surface area (Å²) >= 11 is 2.74. The zero-order chi connectivity index (χ0) is 20.9. The van der Waals surface area contributed by atoms with Gasteiger partial charge in [-0.1, -0.05) is 54.2 Å². The molecule has 0 bridgehead atoms. The van der Waals surface area contributed by atoms with E-state index < -0.39 is 0 Å². The van der Waals surface area contributed by atoms with Gasteiger partial charge in [-0.05, 0) is 29.3 Å². The van der Waals surface area contributed by atoms with Gasteiger partial charge < -0.3 is 0 Å². The van der Waals surface area contributed by atoms with E-state index in [1.165, 1.54) is 41.6 Å². The van der Waals surface area contributed by atoms with Crippen molar-refractivity contribution in [3.05, 3.63) is 78.4 Å². The fraction of sp³-hybridized carbons (Fsp3) is 0.0909. The Bertz CT molecular complexity index is 1190. The Morgan fingerprint density at radius 2 is 1.77 bits per heavy atom. The molecule has 0 aliphatic carbocycles. The van der Waals surface area contributed by atoms with Crippen molar-refractivity contribution < 1.29 is 14.0 Å². The molecule has 5 nitrogen and oxygen atoms in total. The highest BCUT2D eigenvalue weighted by molar-refractivity contribution is 8.00. The number of carbonyl (C=O) groups is 2. The van der Waals surface area contributed by atoms with Crippen LogP contribution < -0.4 is 5.32 Å². The van der Waals surface area contributed by atoms with Crippen molar-refractivity contribution in [1.29, 1.82) is 0 Å². The van der Waals surface area contributed by atoms with Crippen molar-refractivity contribution in [3.8, 4) is 10.4 Å². The predicted octanol–water partition coefficient (Wildman–Crippen LogP) is 4.48. The van der Waals surface area contributed by atoms with E-state index in [-0.39, 0.29) is 29.8 Å². The summed E-state index contributed by atoms with van der Waals surface area (Å²) in [6.07, 6.45) is 1.60. The number of aromatic nitrogens is 2. The lowest BCUT2D eigenvalue weighted by atomic mass is 10.1. The molecule has 8 heteroatoms. The Morgan fingerprint density at radius 1 is 1.00 bits per heavy atom. The van der Waals surface area contributed by atoms with Crippen molar-refractivity contribution in [1.82, 2.24) is 15.3 Å². The van der Waals surface area contributed by atoms with Crippen LogP contribution in [0.5, 0.6) is 0 Å². The Labute approximate surface area is 180 Å². The number of rotatable bonds is 6. The maximum absolute atomic E-state index is 13.2. The number of amides is 2. The Balaban J connectivity index is 1.41. The monoisotopic (exact) mass is 437 g/mol. The van der Waals surface area contributed by atoms with E-state index in [1.807, 2.05) is 36.4 Å². The molecule has 4 rings (SSSR count). The first-order valence-corrected chi connectivity index (χ1v) is 10.9. The van der Waals surface area contributed by atoms with Crippen LogP contribution in [-0.4, -0.2) is 27.5 Å². The van der Waals surface area contributed by atoms with Crippen molar-refractivity contribution in [2.45, 2.75) is 11.4 Å². The highest BCUT2D eigenvalue weighted by Crippen LogP contribution is 2.36. The lowest BCUT2D eigenvalue weighted by molar-refractivity contribution is -0.128. The summed E-state index contributed by atoms with van der Waals surface area (Å²) in [4.78, 5) is 33.7. The number of hydrogen-bond donors (Lipinski definition) is 1. The van der Waals surface area contributed by atoms with Crippen molar-refractivity contribution in [2.24, 2.45) is 0 Å². The van der Waals surface area contributed by atoms with Crippen LogP contribution in [0, 0.1) is 5.82 Å². The van der Waals surface area contributed by atoms with Gasteiger partial charge in [-0.15, -0.1) is 11.3 Å². The smallest absolute Gasteiger partial charge is 0.236 e. The lowest BCUT2D eigenvalue weighted by Crippen LogP contribution is -2.33. The Morgan fingerprint density at radius 3 is 2.53 bits per heavy atom. The largest absolute Gasteiger partial charge is 0.295 e.